The molecule has 1 aliphatic carbocycles. The first-order chi connectivity index (χ1) is 8.54. The normalized spacial score (nSPS) is 17.7. The summed E-state index contributed by atoms with van der Waals surface area (Å²) in [5.74, 6) is -0.0560. The number of hydrogen-bond acceptors (Lipinski definition) is 1. The molecule has 0 atom stereocenters. The molecule has 1 aromatic carbocycles. The van der Waals surface area contributed by atoms with Gasteiger partial charge in [0.2, 0.25) is 0 Å². The van der Waals surface area contributed by atoms with E-state index in [1.807, 2.05) is 0 Å². The quantitative estimate of drug-likeness (QED) is 0.748. The summed E-state index contributed by atoms with van der Waals surface area (Å²) in [6, 6.07) is 5.25. The fourth-order valence-electron chi connectivity index (χ4n) is 2.34. The summed E-state index contributed by atoms with van der Waals surface area (Å²) in [5, 5.41) is 4.51. The highest BCUT2D eigenvalue weighted by molar-refractivity contribution is 9.10. The molecule has 0 heterocycles. The van der Waals surface area contributed by atoms with E-state index in [9.17, 15) is 4.79 Å². The summed E-state index contributed by atoms with van der Waals surface area (Å²) >= 11 is 12.8. The van der Waals surface area contributed by atoms with Crippen molar-refractivity contribution in [1.82, 2.24) is 5.32 Å². The monoisotopic (exact) mass is 393 g/mol. The van der Waals surface area contributed by atoms with Gasteiger partial charge in [-0.05, 0) is 31.0 Å². The molecule has 1 saturated carbocycles. The van der Waals surface area contributed by atoms with Gasteiger partial charge in [-0.2, -0.15) is 0 Å². The van der Waals surface area contributed by atoms with Crippen molar-refractivity contribution in [2.75, 3.05) is 5.33 Å². The molecule has 0 aliphatic heterocycles. The Morgan fingerprint density at radius 2 is 2.00 bits per heavy atom. The van der Waals surface area contributed by atoms with E-state index in [1.165, 1.54) is 12.8 Å². The van der Waals surface area contributed by atoms with Crippen LogP contribution < -0.4 is 5.32 Å². The molecule has 0 saturated heterocycles. The van der Waals surface area contributed by atoms with Crippen LogP contribution in [0.3, 0.4) is 0 Å². The van der Waals surface area contributed by atoms with Crippen LogP contribution in [0.2, 0.25) is 5.02 Å². The van der Waals surface area contributed by atoms with Crippen molar-refractivity contribution in [3.05, 3.63) is 33.3 Å². The second-order valence-electron chi connectivity index (χ2n) is 4.73. The fourth-order valence-corrected chi connectivity index (χ4v) is 3.90. The molecule has 1 aromatic rings. The van der Waals surface area contributed by atoms with Crippen molar-refractivity contribution in [2.24, 2.45) is 0 Å². The molecule has 0 radical (unpaired) electrons. The van der Waals surface area contributed by atoms with Crippen LogP contribution in [0.1, 0.15) is 36.0 Å². The van der Waals surface area contributed by atoms with Crippen LogP contribution in [0.4, 0.5) is 0 Å². The van der Waals surface area contributed by atoms with Gasteiger partial charge in [-0.1, -0.05) is 56.3 Å². The molecule has 0 aromatic heterocycles. The Kier molecular flexibility index (Phi) is 4.73. The van der Waals surface area contributed by atoms with Gasteiger partial charge >= 0.3 is 0 Å². The van der Waals surface area contributed by atoms with Gasteiger partial charge in [0, 0.05) is 20.4 Å². The SMILES string of the molecule is O=C(NC1(CBr)CCCC1)c1cc(Cl)cc(Br)c1. The molecular weight excluding hydrogens is 381 g/mol. The molecule has 98 valence electrons. The minimum atomic E-state index is -0.0914. The van der Waals surface area contributed by atoms with Crippen molar-refractivity contribution in [2.45, 2.75) is 31.2 Å². The highest BCUT2D eigenvalue weighted by Gasteiger charge is 2.34. The summed E-state index contributed by atoms with van der Waals surface area (Å²) in [5.41, 5.74) is 0.507. The average Bonchev–Trinajstić information content (AvgIpc) is 2.77. The molecule has 5 heteroatoms. The van der Waals surface area contributed by atoms with Crippen molar-refractivity contribution < 1.29 is 4.79 Å². The number of hydrogen-bond donors (Lipinski definition) is 1. The fraction of sp³-hybridized carbons (Fsp3) is 0.462. The molecule has 0 spiro atoms. The zero-order valence-corrected chi connectivity index (χ0v) is 13.7. The number of nitrogens with one attached hydrogen (secondary N) is 1. The minimum Gasteiger partial charge on any atom is -0.346 e. The van der Waals surface area contributed by atoms with Crippen LogP contribution >= 0.6 is 43.5 Å². The van der Waals surface area contributed by atoms with Gasteiger partial charge in [-0.25, -0.2) is 0 Å². The largest absolute Gasteiger partial charge is 0.346 e. The predicted molar refractivity (Wildman–Crippen MR) is 81.6 cm³/mol. The van der Waals surface area contributed by atoms with Gasteiger partial charge in [0.1, 0.15) is 0 Å². The zero-order valence-electron chi connectivity index (χ0n) is 9.81. The van der Waals surface area contributed by atoms with Crippen LogP contribution in [0.15, 0.2) is 22.7 Å². The molecule has 1 aliphatic rings. The lowest BCUT2D eigenvalue weighted by atomic mass is 10.00. The lowest BCUT2D eigenvalue weighted by molar-refractivity contribution is 0.0910. The van der Waals surface area contributed by atoms with E-state index in [1.54, 1.807) is 18.2 Å². The second kappa shape index (κ2) is 5.93. The maximum absolute atomic E-state index is 12.3. The number of amides is 1. The van der Waals surface area contributed by atoms with Gasteiger partial charge in [0.15, 0.2) is 0 Å². The Morgan fingerprint density at radius 1 is 1.33 bits per heavy atom. The third kappa shape index (κ3) is 3.28. The average molecular weight is 396 g/mol. The highest BCUT2D eigenvalue weighted by atomic mass is 79.9. The lowest BCUT2D eigenvalue weighted by Gasteiger charge is -2.28. The van der Waals surface area contributed by atoms with Gasteiger partial charge < -0.3 is 5.32 Å². The van der Waals surface area contributed by atoms with E-state index in [0.717, 1.165) is 22.6 Å². The molecule has 0 bridgehead atoms. The molecule has 2 nitrogen and oxygen atoms in total. The van der Waals surface area contributed by atoms with E-state index >= 15 is 0 Å². The molecule has 1 amide bonds. The standard InChI is InChI=1S/C13H14Br2ClNO/c14-8-13(3-1-2-4-13)17-12(18)9-5-10(15)7-11(16)6-9/h5-7H,1-4,8H2,(H,17,18). The first-order valence-corrected chi connectivity index (χ1v) is 8.18. The second-order valence-corrected chi connectivity index (χ2v) is 6.65. The van der Waals surface area contributed by atoms with Crippen molar-refractivity contribution in [1.29, 1.82) is 0 Å². The Balaban J connectivity index is 2.16. The van der Waals surface area contributed by atoms with E-state index in [4.69, 9.17) is 11.6 Å². The van der Waals surface area contributed by atoms with Crippen LogP contribution in [0.25, 0.3) is 0 Å². The lowest BCUT2D eigenvalue weighted by Crippen LogP contribution is -2.47. The Morgan fingerprint density at radius 3 is 2.56 bits per heavy atom. The molecule has 0 unspecified atom stereocenters. The number of rotatable bonds is 3. The van der Waals surface area contributed by atoms with Gasteiger partial charge in [0.05, 0.1) is 5.54 Å². The van der Waals surface area contributed by atoms with Crippen LogP contribution in [-0.2, 0) is 0 Å². The topological polar surface area (TPSA) is 29.1 Å². The summed E-state index contributed by atoms with van der Waals surface area (Å²) in [7, 11) is 0. The van der Waals surface area contributed by atoms with Crippen molar-refractivity contribution >= 4 is 49.4 Å². The van der Waals surface area contributed by atoms with Crippen LogP contribution in [0.5, 0.6) is 0 Å². The van der Waals surface area contributed by atoms with E-state index < -0.39 is 0 Å². The molecule has 1 N–H and O–H groups in total. The summed E-state index contributed by atoms with van der Waals surface area (Å²) in [6.07, 6.45) is 4.41. The first kappa shape index (κ1) is 14.4. The maximum Gasteiger partial charge on any atom is 0.251 e. The van der Waals surface area contributed by atoms with Crippen LogP contribution in [0, 0.1) is 0 Å². The highest BCUT2D eigenvalue weighted by Crippen LogP contribution is 2.31. The number of alkyl halides is 1. The summed E-state index contributed by atoms with van der Waals surface area (Å²) in [4.78, 5) is 12.3. The Labute approximate surface area is 129 Å². The zero-order chi connectivity index (χ0) is 13.2. The van der Waals surface area contributed by atoms with Crippen molar-refractivity contribution in [3.8, 4) is 0 Å². The maximum atomic E-state index is 12.3. The molecule has 18 heavy (non-hydrogen) atoms. The predicted octanol–water partition coefficient (Wildman–Crippen LogP) is 4.54. The molecule has 1 fully saturated rings. The third-order valence-electron chi connectivity index (χ3n) is 3.32. The number of benzene rings is 1. The van der Waals surface area contributed by atoms with Gasteiger partial charge in [-0.15, -0.1) is 0 Å². The summed E-state index contributed by atoms with van der Waals surface area (Å²) < 4.78 is 0.819. The van der Waals surface area contributed by atoms with E-state index in [0.29, 0.717) is 10.6 Å². The van der Waals surface area contributed by atoms with E-state index in [-0.39, 0.29) is 11.4 Å². The minimum absolute atomic E-state index is 0.0560. The Hall–Kier alpha value is -0.0600. The molecular formula is C13H14Br2ClNO. The third-order valence-corrected chi connectivity index (χ3v) is 5.07. The Bertz CT molecular complexity index is 438. The number of carbonyl (C=O) groups is 1. The van der Waals surface area contributed by atoms with Crippen LogP contribution in [-0.4, -0.2) is 16.8 Å². The first-order valence-electron chi connectivity index (χ1n) is 5.89. The molecule has 2 rings (SSSR count). The van der Waals surface area contributed by atoms with Crippen molar-refractivity contribution in [3.63, 3.8) is 0 Å². The van der Waals surface area contributed by atoms with E-state index in [2.05, 4.69) is 37.2 Å². The number of halogens is 3. The smallest absolute Gasteiger partial charge is 0.251 e. The summed E-state index contributed by atoms with van der Waals surface area (Å²) in [6.45, 7) is 0. The van der Waals surface area contributed by atoms with Gasteiger partial charge in [-0.3, -0.25) is 4.79 Å². The number of carbonyl (C=O) groups excluding carboxylic acids is 1. The van der Waals surface area contributed by atoms with Gasteiger partial charge in [0.25, 0.3) is 5.91 Å².